The van der Waals surface area contributed by atoms with Crippen LogP contribution in [0.1, 0.15) is 24.5 Å². The van der Waals surface area contributed by atoms with Gasteiger partial charge < -0.3 is 10.1 Å². The van der Waals surface area contributed by atoms with E-state index in [0.29, 0.717) is 16.3 Å². The molecule has 0 heterocycles. The molecule has 1 fully saturated rings. The fourth-order valence-electron chi connectivity index (χ4n) is 2.09. The fraction of sp³-hybridized carbons (Fsp3) is 0.235. The molecule has 0 aromatic heterocycles. The Labute approximate surface area is 133 Å². The number of nitrogens with one attached hydrogen (secondary N) is 1. The molecular formula is C17H15ClFNO2. The third kappa shape index (κ3) is 3.77. The molecule has 2 aromatic carbocycles. The van der Waals surface area contributed by atoms with Gasteiger partial charge in [0.2, 0.25) is 6.10 Å². The second-order valence-electron chi connectivity index (χ2n) is 5.29. The van der Waals surface area contributed by atoms with Gasteiger partial charge in [0.25, 0.3) is 5.91 Å². The first-order valence-electron chi connectivity index (χ1n) is 7.10. The summed E-state index contributed by atoms with van der Waals surface area (Å²) < 4.78 is 18.9. The van der Waals surface area contributed by atoms with Gasteiger partial charge in [0, 0.05) is 16.6 Å². The van der Waals surface area contributed by atoms with Crippen LogP contribution in [0, 0.1) is 5.82 Å². The average molecular weight is 320 g/mol. The summed E-state index contributed by atoms with van der Waals surface area (Å²) in [5.74, 6) is -0.0882. The minimum absolute atomic E-state index is 0.221. The molecular weight excluding hydrogens is 305 g/mol. The Morgan fingerprint density at radius 3 is 2.59 bits per heavy atom. The van der Waals surface area contributed by atoms with E-state index in [1.165, 1.54) is 12.1 Å². The van der Waals surface area contributed by atoms with Crippen molar-refractivity contribution in [3.05, 3.63) is 64.9 Å². The van der Waals surface area contributed by atoms with Gasteiger partial charge in [-0.2, -0.15) is 0 Å². The molecule has 1 aliphatic carbocycles. The molecule has 1 aliphatic rings. The summed E-state index contributed by atoms with van der Waals surface area (Å²) >= 11 is 5.94. The van der Waals surface area contributed by atoms with Gasteiger partial charge in [-0.25, -0.2) is 4.39 Å². The van der Waals surface area contributed by atoms with Crippen molar-refractivity contribution in [1.82, 2.24) is 5.32 Å². The summed E-state index contributed by atoms with van der Waals surface area (Å²) in [5.41, 5.74) is 0.597. The molecule has 3 nitrogen and oxygen atoms in total. The lowest BCUT2D eigenvalue weighted by Crippen LogP contribution is -2.33. The Bertz CT molecular complexity index is 671. The van der Waals surface area contributed by atoms with E-state index < -0.39 is 6.10 Å². The maximum absolute atomic E-state index is 13.1. The summed E-state index contributed by atoms with van der Waals surface area (Å²) in [4.78, 5) is 12.4. The molecule has 114 valence electrons. The number of amides is 1. The number of benzene rings is 2. The van der Waals surface area contributed by atoms with Crippen molar-refractivity contribution in [3.8, 4) is 5.75 Å². The van der Waals surface area contributed by atoms with E-state index in [0.717, 1.165) is 12.8 Å². The minimum Gasteiger partial charge on any atom is -0.476 e. The molecule has 3 rings (SSSR count). The van der Waals surface area contributed by atoms with Crippen LogP contribution < -0.4 is 10.1 Å². The summed E-state index contributed by atoms with van der Waals surface area (Å²) in [6.45, 7) is 0. The van der Waals surface area contributed by atoms with Crippen molar-refractivity contribution >= 4 is 17.5 Å². The Hall–Kier alpha value is -2.07. The zero-order valence-electron chi connectivity index (χ0n) is 11.8. The van der Waals surface area contributed by atoms with Crippen molar-refractivity contribution in [2.45, 2.75) is 25.0 Å². The second-order valence-corrected chi connectivity index (χ2v) is 5.73. The van der Waals surface area contributed by atoms with Crippen molar-refractivity contribution in [3.63, 3.8) is 0 Å². The first-order valence-corrected chi connectivity index (χ1v) is 7.48. The number of rotatable bonds is 5. The zero-order chi connectivity index (χ0) is 15.5. The third-order valence-corrected chi connectivity index (χ3v) is 3.62. The monoisotopic (exact) mass is 319 g/mol. The highest BCUT2D eigenvalue weighted by Gasteiger charge is 2.29. The molecule has 1 atom stereocenters. The predicted molar refractivity (Wildman–Crippen MR) is 82.4 cm³/mol. The molecule has 0 spiro atoms. The number of carbonyl (C=O) groups excluding carboxylic acids is 1. The van der Waals surface area contributed by atoms with Crippen LogP contribution in [0.3, 0.4) is 0 Å². The third-order valence-electron chi connectivity index (χ3n) is 3.38. The fourth-order valence-corrected chi connectivity index (χ4v) is 2.27. The lowest BCUT2D eigenvalue weighted by Gasteiger charge is -2.19. The maximum atomic E-state index is 13.1. The smallest absolute Gasteiger partial charge is 0.266 e. The molecule has 0 saturated heterocycles. The second kappa shape index (κ2) is 6.36. The summed E-state index contributed by atoms with van der Waals surface area (Å²) in [6.07, 6.45) is 1.14. The van der Waals surface area contributed by atoms with Crippen LogP contribution in [0.25, 0.3) is 0 Å². The Kier molecular flexibility index (Phi) is 4.29. The van der Waals surface area contributed by atoms with Gasteiger partial charge in [-0.05, 0) is 43.2 Å². The topological polar surface area (TPSA) is 38.3 Å². The SMILES string of the molecule is O=C(NC1CC1)C(Oc1cccc(Cl)c1)c1ccc(F)cc1. The average Bonchev–Trinajstić information content (AvgIpc) is 3.30. The van der Waals surface area contributed by atoms with Crippen molar-refractivity contribution in [2.24, 2.45) is 0 Å². The normalized spacial score (nSPS) is 15.2. The highest BCUT2D eigenvalue weighted by molar-refractivity contribution is 6.30. The summed E-state index contributed by atoms with van der Waals surface area (Å²) in [7, 11) is 0. The molecule has 0 bridgehead atoms. The first kappa shape index (κ1) is 14.9. The lowest BCUT2D eigenvalue weighted by molar-refractivity contribution is -0.128. The van der Waals surface area contributed by atoms with Crippen LogP contribution in [0.2, 0.25) is 5.02 Å². The van der Waals surface area contributed by atoms with E-state index in [-0.39, 0.29) is 17.8 Å². The van der Waals surface area contributed by atoms with E-state index in [2.05, 4.69) is 5.32 Å². The molecule has 1 unspecified atom stereocenters. The minimum atomic E-state index is -0.834. The van der Waals surface area contributed by atoms with Gasteiger partial charge in [-0.1, -0.05) is 29.8 Å². The first-order chi connectivity index (χ1) is 10.6. The van der Waals surface area contributed by atoms with Gasteiger partial charge in [0.1, 0.15) is 11.6 Å². The van der Waals surface area contributed by atoms with Crippen LogP contribution in [0.15, 0.2) is 48.5 Å². The number of halogens is 2. The van der Waals surface area contributed by atoms with Gasteiger partial charge in [0.15, 0.2) is 0 Å². The van der Waals surface area contributed by atoms with Gasteiger partial charge in [0.05, 0.1) is 0 Å². The summed E-state index contributed by atoms with van der Waals surface area (Å²) in [5, 5.41) is 3.44. The van der Waals surface area contributed by atoms with E-state index in [1.54, 1.807) is 36.4 Å². The number of hydrogen-bond donors (Lipinski definition) is 1. The van der Waals surface area contributed by atoms with Crippen LogP contribution in [0.4, 0.5) is 4.39 Å². The van der Waals surface area contributed by atoms with Crippen molar-refractivity contribution in [1.29, 1.82) is 0 Å². The van der Waals surface area contributed by atoms with E-state index in [1.807, 2.05) is 0 Å². The molecule has 0 aliphatic heterocycles. The van der Waals surface area contributed by atoms with Crippen molar-refractivity contribution < 1.29 is 13.9 Å². The lowest BCUT2D eigenvalue weighted by atomic mass is 10.1. The molecule has 2 aromatic rings. The summed E-state index contributed by atoms with van der Waals surface area (Å²) in [6, 6.07) is 12.8. The molecule has 1 N–H and O–H groups in total. The van der Waals surface area contributed by atoms with Crippen LogP contribution >= 0.6 is 11.6 Å². The molecule has 0 radical (unpaired) electrons. The van der Waals surface area contributed by atoms with Crippen LogP contribution in [-0.4, -0.2) is 11.9 Å². The quantitative estimate of drug-likeness (QED) is 0.908. The Balaban J connectivity index is 1.84. The maximum Gasteiger partial charge on any atom is 0.266 e. The Morgan fingerprint density at radius 2 is 1.95 bits per heavy atom. The number of hydrogen-bond acceptors (Lipinski definition) is 2. The van der Waals surface area contributed by atoms with Crippen molar-refractivity contribution in [2.75, 3.05) is 0 Å². The van der Waals surface area contributed by atoms with Gasteiger partial charge >= 0.3 is 0 Å². The van der Waals surface area contributed by atoms with Crippen LogP contribution in [0.5, 0.6) is 5.75 Å². The van der Waals surface area contributed by atoms with E-state index in [4.69, 9.17) is 16.3 Å². The predicted octanol–water partition coefficient (Wildman–Crippen LogP) is 3.88. The largest absolute Gasteiger partial charge is 0.476 e. The van der Waals surface area contributed by atoms with E-state index in [9.17, 15) is 9.18 Å². The highest BCUT2D eigenvalue weighted by Crippen LogP contribution is 2.27. The zero-order valence-corrected chi connectivity index (χ0v) is 12.5. The van der Waals surface area contributed by atoms with E-state index >= 15 is 0 Å². The molecule has 1 saturated carbocycles. The number of ether oxygens (including phenoxy) is 1. The molecule has 5 heteroatoms. The number of carbonyl (C=O) groups is 1. The molecule has 1 amide bonds. The van der Waals surface area contributed by atoms with Crippen LogP contribution in [-0.2, 0) is 4.79 Å². The highest BCUT2D eigenvalue weighted by atomic mass is 35.5. The molecule has 22 heavy (non-hydrogen) atoms. The van der Waals surface area contributed by atoms with Gasteiger partial charge in [-0.15, -0.1) is 0 Å². The standard InChI is InChI=1S/C17H15ClFNO2/c18-12-2-1-3-15(10-12)22-16(17(21)20-14-8-9-14)11-4-6-13(19)7-5-11/h1-7,10,14,16H,8-9H2,(H,20,21). The van der Waals surface area contributed by atoms with Gasteiger partial charge in [-0.3, -0.25) is 4.79 Å². The Morgan fingerprint density at radius 1 is 1.23 bits per heavy atom.